The maximum atomic E-state index is 11.9. The van der Waals surface area contributed by atoms with E-state index < -0.39 is 0 Å². The van der Waals surface area contributed by atoms with Crippen LogP contribution in [0.1, 0.15) is 32.1 Å². The van der Waals surface area contributed by atoms with Gasteiger partial charge in [-0.25, -0.2) is 0 Å². The molecule has 3 atom stereocenters. The van der Waals surface area contributed by atoms with Crippen LogP contribution in [0, 0.1) is 17.8 Å². The lowest BCUT2D eigenvalue weighted by atomic mass is 9.86. The van der Waals surface area contributed by atoms with Crippen molar-refractivity contribution < 1.29 is 14.3 Å². The predicted molar refractivity (Wildman–Crippen MR) is 89.6 cm³/mol. The number of carbonyl (C=O) groups excluding carboxylic acids is 2. The van der Waals surface area contributed by atoms with Crippen LogP contribution in [-0.4, -0.2) is 18.5 Å². The minimum absolute atomic E-state index is 0.278. The van der Waals surface area contributed by atoms with Crippen LogP contribution in [0.2, 0.25) is 10.0 Å². The summed E-state index contributed by atoms with van der Waals surface area (Å²) < 4.78 is 5.09. The van der Waals surface area contributed by atoms with Crippen molar-refractivity contribution >= 4 is 40.8 Å². The summed E-state index contributed by atoms with van der Waals surface area (Å²) in [7, 11) is 0. The van der Waals surface area contributed by atoms with E-state index in [-0.39, 0.29) is 18.5 Å². The smallest absolute Gasteiger partial charge is 0.306 e. The SMILES string of the molecule is O=C(COC(=O)C[C@@H]1C[C@H]2CC[C@@H]1C2)Nc1ccc(Cl)c(Cl)c1. The predicted octanol–water partition coefficient (Wildman–Crippen LogP) is 4.30. The van der Waals surface area contributed by atoms with Gasteiger partial charge >= 0.3 is 5.97 Å². The highest BCUT2D eigenvalue weighted by Crippen LogP contribution is 2.49. The topological polar surface area (TPSA) is 55.4 Å². The lowest BCUT2D eigenvalue weighted by Gasteiger charge is -2.20. The summed E-state index contributed by atoms with van der Waals surface area (Å²) in [5.41, 5.74) is 0.522. The summed E-state index contributed by atoms with van der Waals surface area (Å²) in [6, 6.07) is 4.79. The third-order valence-corrected chi connectivity index (χ3v) is 5.62. The maximum Gasteiger partial charge on any atom is 0.306 e. The van der Waals surface area contributed by atoms with E-state index in [1.807, 2.05) is 0 Å². The van der Waals surface area contributed by atoms with Crippen LogP contribution in [0.25, 0.3) is 0 Å². The van der Waals surface area contributed by atoms with Crippen LogP contribution in [0.5, 0.6) is 0 Å². The van der Waals surface area contributed by atoms with Crippen molar-refractivity contribution in [1.29, 1.82) is 0 Å². The molecule has 0 heterocycles. The average Bonchev–Trinajstić information content (AvgIpc) is 3.12. The molecule has 1 N–H and O–H groups in total. The molecule has 124 valence electrons. The summed E-state index contributed by atoms with van der Waals surface area (Å²) in [6.07, 6.45) is 5.37. The minimum atomic E-state index is -0.385. The highest BCUT2D eigenvalue weighted by Gasteiger charge is 2.40. The van der Waals surface area contributed by atoms with E-state index >= 15 is 0 Å². The normalized spacial score (nSPS) is 25.4. The molecule has 0 aromatic heterocycles. The number of anilines is 1. The van der Waals surface area contributed by atoms with Crippen LogP contribution < -0.4 is 5.32 Å². The highest BCUT2D eigenvalue weighted by atomic mass is 35.5. The molecule has 0 aliphatic heterocycles. The number of hydrogen-bond acceptors (Lipinski definition) is 3. The first-order valence-corrected chi connectivity index (χ1v) is 8.67. The Kier molecular flexibility index (Phi) is 5.12. The van der Waals surface area contributed by atoms with Crippen LogP contribution in [0.4, 0.5) is 5.69 Å². The second-order valence-electron chi connectivity index (χ2n) is 6.48. The molecule has 0 saturated heterocycles. The molecule has 1 aromatic carbocycles. The molecule has 1 aromatic rings. The Morgan fingerprint density at radius 3 is 2.65 bits per heavy atom. The quantitative estimate of drug-likeness (QED) is 0.801. The van der Waals surface area contributed by atoms with Crippen LogP contribution in [0.15, 0.2) is 18.2 Å². The van der Waals surface area contributed by atoms with Crippen molar-refractivity contribution in [2.45, 2.75) is 32.1 Å². The van der Waals surface area contributed by atoms with E-state index in [4.69, 9.17) is 27.9 Å². The van der Waals surface area contributed by atoms with E-state index in [9.17, 15) is 9.59 Å². The molecule has 6 heteroatoms. The molecule has 4 nitrogen and oxygen atoms in total. The first-order valence-electron chi connectivity index (χ1n) is 7.92. The van der Waals surface area contributed by atoms with Gasteiger partial charge < -0.3 is 10.1 Å². The Bertz CT molecular complexity index is 620. The van der Waals surface area contributed by atoms with Crippen LogP contribution in [-0.2, 0) is 14.3 Å². The summed E-state index contributed by atoms with van der Waals surface area (Å²) in [5, 5.41) is 3.40. The molecule has 2 aliphatic rings. The zero-order valence-electron chi connectivity index (χ0n) is 12.7. The van der Waals surface area contributed by atoms with Crippen molar-refractivity contribution in [3.63, 3.8) is 0 Å². The number of hydrogen-bond donors (Lipinski definition) is 1. The third kappa shape index (κ3) is 4.18. The van der Waals surface area contributed by atoms with Gasteiger partial charge in [-0.2, -0.15) is 0 Å². The van der Waals surface area contributed by atoms with Gasteiger partial charge in [0, 0.05) is 12.1 Å². The number of carbonyl (C=O) groups is 2. The zero-order valence-corrected chi connectivity index (χ0v) is 14.2. The Morgan fingerprint density at radius 1 is 1.17 bits per heavy atom. The average molecular weight is 356 g/mol. The lowest BCUT2D eigenvalue weighted by Crippen LogP contribution is -2.23. The number of rotatable bonds is 5. The van der Waals surface area contributed by atoms with Gasteiger partial charge in [0.1, 0.15) is 0 Å². The number of esters is 1. The van der Waals surface area contributed by atoms with Crippen molar-refractivity contribution in [3.8, 4) is 0 Å². The van der Waals surface area contributed by atoms with E-state index in [2.05, 4.69) is 5.32 Å². The van der Waals surface area contributed by atoms with Gasteiger partial charge in [-0.1, -0.05) is 29.6 Å². The second-order valence-corrected chi connectivity index (χ2v) is 7.29. The largest absolute Gasteiger partial charge is 0.456 e. The zero-order chi connectivity index (χ0) is 16.4. The molecular formula is C17H19Cl2NO3. The van der Waals surface area contributed by atoms with Gasteiger partial charge in [-0.3, -0.25) is 9.59 Å². The van der Waals surface area contributed by atoms with Gasteiger partial charge in [-0.05, 0) is 55.2 Å². The summed E-state index contributed by atoms with van der Waals surface area (Å²) in [5.74, 6) is 1.25. The fourth-order valence-corrected chi connectivity index (χ4v) is 4.11. The third-order valence-electron chi connectivity index (χ3n) is 4.88. The number of ether oxygens (including phenoxy) is 1. The lowest BCUT2D eigenvalue weighted by molar-refractivity contribution is -0.148. The van der Waals surface area contributed by atoms with Crippen LogP contribution in [0.3, 0.4) is 0 Å². The Hall–Kier alpha value is -1.26. The van der Waals surface area contributed by atoms with Crippen molar-refractivity contribution in [2.75, 3.05) is 11.9 Å². The monoisotopic (exact) mass is 355 g/mol. The summed E-state index contributed by atoms with van der Waals surface area (Å²) in [6.45, 7) is -0.278. The van der Waals surface area contributed by atoms with Gasteiger partial charge in [0.05, 0.1) is 10.0 Å². The molecule has 23 heavy (non-hydrogen) atoms. The fourth-order valence-electron chi connectivity index (χ4n) is 3.82. The highest BCUT2D eigenvalue weighted by molar-refractivity contribution is 6.42. The molecule has 2 saturated carbocycles. The molecule has 0 spiro atoms. The summed E-state index contributed by atoms with van der Waals surface area (Å²) in [4.78, 5) is 23.7. The van der Waals surface area contributed by atoms with E-state index in [1.54, 1.807) is 18.2 Å². The molecule has 0 radical (unpaired) electrons. The molecule has 0 unspecified atom stereocenters. The molecule has 3 rings (SSSR count). The van der Waals surface area contributed by atoms with Gasteiger partial charge in [0.2, 0.25) is 0 Å². The van der Waals surface area contributed by atoms with Gasteiger partial charge in [-0.15, -0.1) is 0 Å². The van der Waals surface area contributed by atoms with E-state index in [1.165, 1.54) is 19.3 Å². The molecular weight excluding hydrogens is 337 g/mol. The van der Waals surface area contributed by atoms with Crippen molar-refractivity contribution in [3.05, 3.63) is 28.2 Å². The first kappa shape index (κ1) is 16.6. The number of fused-ring (bicyclic) bond motifs is 2. The number of amides is 1. The molecule has 2 bridgehead atoms. The van der Waals surface area contributed by atoms with Crippen molar-refractivity contribution in [2.24, 2.45) is 17.8 Å². The van der Waals surface area contributed by atoms with Gasteiger partial charge in [0.15, 0.2) is 6.61 Å². The Balaban J connectivity index is 1.41. The van der Waals surface area contributed by atoms with Gasteiger partial charge in [0.25, 0.3) is 5.91 Å². The summed E-state index contributed by atoms with van der Waals surface area (Å²) >= 11 is 11.7. The minimum Gasteiger partial charge on any atom is -0.456 e. The Morgan fingerprint density at radius 2 is 2.00 bits per heavy atom. The van der Waals surface area contributed by atoms with Crippen LogP contribution >= 0.6 is 23.2 Å². The van der Waals surface area contributed by atoms with Crippen molar-refractivity contribution in [1.82, 2.24) is 0 Å². The standard InChI is InChI=1S/C17H19Cl2NO3/c18-14-4-3-13(8-15(14)19)20-16(21)9-23-17(22)7-12-6-10-1-2-11(12)5-10/h3-4,8,10-12H,1-2,5-7,9H2,(H,20,21)/t10-,11+,12-/m0/s1. The van der Waals surface area contributed by atoms with E-state index in [0.717, 1.165) is 12.3 Å². The number of benzene rings is 1. The fraction of sp³-hybridized carbons (Fsp3) is 0.529. The Labute approximate surface area is 145 Å². The first-order chi connectivity index (χ1) is 11.0. The van der Waals surface area contributed by atoms with E-state index in [0.29, 0.717) is 34.0 Å². The molecule has 2 fully saturated rings. The number of halogens is 2. The molecule has 2 aliphatic carbocycles. The number of nitrogens with one attached hydrogen (secondary N) is 1. The molecule has 1 amide bonds. The second kappa shape index (κ2) is 7.10. The maximum absolute atomic E-state index is 11.9.